The Bertz CT molecular complexity index is 628. The van der Waals surface area contributed by atoms with Crippen molar-refractivity contribution in [2.45, 2.75) is 32.7 Å². The first-order chi connectivity index (χ1) is 12.2. The van der Waals surface area contributed by atoms with Gasteiger partial charge in [-0.3, -0.25) is 14.4 Å². The molecule has 6 heteroatoms. The van der Waals surface area contributed by atoms with Crippen LogP contribution in [0.4, 0.5) is 5.69 Å². The molecule has 0 aliphatic heterocycles. The molecule has 0 bridgehead atoms. The topological polar surface area (TPSA) is 59.4 Å². The van der Waals surface area contributed by atoms with Crippen molar-refractivity contribution >= 4 is 11.6 Å². The molecule has 0 spiro atoms. The Morgan fingerprint density at radius 2 is 2.16 bits per heavy atom. The molecule has 136 valence electrons. The van der Waals surface area contributed by atoms with Crippen LogP contribution in [0.1, 0.15) is 26.2 Å². The zero-order valence-electron chi connectivity index (χ0n) is 15.1. The zero-order valence-corrected chi connectivity index (χ0v) is 15.1. The lowest BCUT2D eigenvalue weighted by atomic mass is 10.2. The minimum Gasteiger partial charge on any atom is -0.497 e. The SMILES string of the molecule is CCN(CCCCCn1cccn1)CC(=O)Nc1cccc(OC)c1. The molecule has 1 aromatic heterocycles. The average molecular weight is 344 g/mol. The molecule has 0 saturated carbocycles. The Kier molecular flexibility index (Phi) is 7.98. The predicted octanol–water partition coefficient (Wildman–Crippen LogP) is 3.02. The van der Waals surface area contributed by atoms with Gasteiger partial charge in [-0.2, -0.15) is 5.10 Å². The summed E-state index contributed by atoms with van der Waals surface area (Å²) in [7, 11) is 1.62. The Morgan fingerprint density at radius 1 is 1.28 bits per heavy atom. The number of carbonyl (C=O) groups excluding carboxylic acids is 1. The summed E-state index contributed by atoms with van der Waals surface area (Å²) in [5.74, 6) is 0.744. The van der Waals surface area contributed by atoms with Crippen LogP contribution in [0, 0.1) is 0 Å². The molecule has 0 unspecified atom stereocenters. The van der Waals surface area contributed by atoms with Crippen LogP contribution in [0.5, 0.6) is 5.75 Å². The Morgan fingerprint density at radius 3 is 2.88 bits per heavy atom. The molecule has 0 radical (unpaired) electrons. The van der Waals surface area contributed by atoms with Crippen molar-refractivity contribution in [2.24, 2.45) is 0 Å². The van der Waals surface area contributed by atoms with Crippen molar-refractivity contribution in [1.82, 2.24) is 14.7 Å². The first-order valence-electron chi connectivity index (χ1n) is 8.85. The molecule has 0 saturated heterocycles. The first kappa shape index (κ1) is 19.0. The van der Waals surface area contributed by atoms with Crippen LogP contribution < -0.4 is 10.1 Å². The number of hydrogen-bond donors (Lipinski definition) is 1. The summed E-state index contributed by atoms with van der Waals surface area (Å²) in [6.45, 7) is 5.25. The van der Waals surface area contributed by atoms with Gasteiger partial charge in [0.1, 0.15) is 5.75 Å². The molecule has 0 aliphatic rings. The van der Waals surface area contributed by atoms with Crippen molar-refractivity contribution in [2.75, 3.05) is 32.1 Å². The number of aromatic nitrogens is 2. The van der Waals surface area contributed by atoms with E-state index in [-0.39, 0.29) is 5.91 Å². The number of nitrogens with zero attached hydrogens (tertiary/aromatic N) is 3. The van der Waals surface area contributed by atoms with Crippen LogP contribution in [0.2, 0.25) is 0 Å². The van der Waals surface area contributed by atoms with Gasteiger partial charge in [-0.05, 0) is 44.1 Å². The number of benzene rings is 1. The third-order valence-corrected chi connectivity index (χ3v) is 4.09. The summed E-state index contributed by atoms with van der Waals surface area (Å²) in [4.78, 5) is 14.4. The summed E-state index contributed by atoms with van der Waals surface area (Å²) in [5, 5.41) is 7.13. The van der Waals surface area contributed by atoms with Crippen LogP contribution in [-0.2, 0) is 11.3 Å². The van der Waals surface area contributed by atoms with E-state index < -0.39 is 0 Å². The van der Waals surface area contributed by atoms with Gasteiger partial charge in [0.2, 0.25) is 5.91 Å². The van der Waals surface area contributed by atoms with E-state index >= 15 is 0 Å². The number of rotatable bonds is 11. The second kappa shape index (κ2) is 10.5. The van der Waals surface area contributed by atoms with Gasteiger partial charge in [-0.15, -0.1) is 0 Å². The second-order valence-corrected chi connectivity index (χ2v) is 5.98. The van der Waals surface area contributed by atoms with E-state index in [0.29, 0.717) is 6.54 Å². The summed E-state index contributed by atoms with van der Waals surface area (Å²) < 4.78 is 7.13. The fourth-order valence-corrected chi connectivity index (χ4v) is 2.67. The molecule has 2 rings (SSSR count). The van der Waals surface area contributed by atoms with E-state index in [0.717, 1.165) is 50.3 Å². The highest BCUT2D eigenvalue weighted by Crippen LogP contribution is 2.16. The highest BCUT2D eigenvalue weighted by molar-refractivity contribution is 5.92. The zero-order chi connectivity index (χ0) is 17.9. The largest absolute Gasteiger partial charge is 0.497 e. The maximum Gasteiger partial charge on any atom is 0.238 e. The molecule has 1 aromatic carbocycles. The lowest BCUT2D eigenvalue weighted by Crippen LogP contribution is -2.33. The number of carbonyl (C=O) groups is 1. The number of methoxy groups -OCH3 is 1. The molecule has 2 aromatic rings. The number of aryl methyl sites for hydroxylation is 1. The Labute approximate surface area is 149 Å². The number of ether oxygens (including phenoxy) is 1. The van der Waals surface area contributed by atoms with Crippen LogP contribution >= 0.6 is 0 Å². The fraction of sp³-hybridized carbons (Fsp3) is 0.474. The van der Waals surface area contributed by atoms with Gasteiger partial charge in [0, 0.05) is 30.7 Å². The van der Waals surface area contributed by atoms with Crippen molar-refractivity contribution in [1.29, 1.82) is 0 Å². The van der Waals surface area contributed by atoms with Crippen LogP contribution in [0.25, 0.3) is 0 Å². The monoisotopic (exact) mass is 344 g/mol. The van der Waals surface area contributed by atoms with E-state index in [1.807, 2.05) is 41.2 Å². The maximum absolute atomic E-state index is 12.2. The van der Waals surface area contributed by atoms with Crippen molar-refractivity contribution in [3.05, 3.63) is 42.7 Å². The lowest BCUT2D eigenvalue weighted by Gasteiger charge is -2.19. The molecule has 0 atom stereocenters. The van der Waals surface area contributed by atoms with E-state index in [1.54, 1.807) is 13.3 Å². The molecule has 25 heavy (non-hydrogen) atoms. The predicted molar refractivity (Wildman–Crippen MR) is 99.8 cm³/mol. The van der Waals surface area contributed by atoms with Crippen molar-refractivity contribution in [3.8, 4) is 5.75 Å². The third kappa shape index (κ3) is 6.97. The van der Waals surface area contributed by atoms with Crippen LogP contribution in [0.3, 0.4) is 0 Å². The van der Waals surface area contributed by atoms with Gasteiger partial charge in [-0.1, -0.05) is 19.4 Å². The average Bonchev–Trinajstić information content (AvgIpc) is 3.14. The highest BCUT2D eigenvalue weighted by Gasteiger charge is 2.09. The molecular weight excluding hydrogens is 316 g/mol. The lowest BCUT2D eigenvalue weighted by molar-refractivity contribution is -0.117. The number of anilines is 1. The van der Waals surface area contributed by atoms with Gasteiger partial charge in [0.05, 0.1) is 13.7 Å². The molecular formula is C19H28N4O2. The van der Waals surface area contributed by atoms with Crippen LogP contribution in [0.15, 0.2) is 42.7 Å². The number of unbranched alkanes of at least 4 members (excludes halogenated alkanes) is 2. The van der Waals surface area contributed by atoms with Gasteiger partial charge in [-0.25, -0.2) is 0 Å². The Hall–Kier alpha value is -2.34. The maximum atomic E-state index is 12.2. The second-order valence-electron chi connectivity index (χ2n) is 5.98. The van der Waals surface area contributed by atoms with Crippen molar-refractivity contribution in [3.63, 3.8) is 0 Å². The van der Waals surface area contributed by atoms with E-state index in [4.69, 9.17) is 4.74 Å². The number of likely N-dealkylation sites (N-methyl/N-ethyl adjacent to an activating group) is 1. The molecule has 0 aliphatic carbocycles. The number of hydrogen-bond acceptors (Lipinski definition) is 4. The third-order valence-electron chi connectivity index (χ3n) is 4.09. The molecule has 6 nitrogen and oxygen atoms in total. The van der Waals surface area contributed by atoms with Gasteiger partial charge in [0.15, 0.2) is 0 Å². The van der Waals surface area contributed by atoms with Crippen LogP contribution in [-0.4, -0.2) is 47.3 Å². The molecule has 0 fully saturated rings. The standard InChI is InChI=1S/C19H28N4O2/c1-3-22(12-5-4-6-13-23-14-8-11-20-23)16-19(24)21-17-9-7-10-18(15-17)25-2/h7-11,14-15H,3-6,12-13,16H2,1-2H3,(H,21,24). The summed E-state index contributed by atoms with van der Waals surface area (Å²) in [6, 6.07) is 9.36. The fourth-order valence-electron chi connectivity index (χ4n) is 2.67. The molecule has 1 amide bonds. The van der Waals surface area contributed by atoms with Gasteiger partial charge in [0.25, 0.3) is 0 Å². The molecule has 1 N–H and O–H groups in total. The first-order valence-corrected chi connectivity index (χ1v) is 8.85. The quantitative estimate of drug-likeness (QED) is 0.637. The number of nitrogens with one attached hydrogen (secondary N) is 1. The minimum absolute atomic E-state index is 0.00615. The summed E-state index contributed by atoms with van der Waals surface area (Å²) >= 11 is 0. The van der Waals surface area contributed by atoms with Gasteiger partial charge < -0.3 is 10.1 Å². The smallest absolute Gasteiger partial charge is 0.238 e. The van der Waals surface area contributed by atoms with E-state index in [9.17, 15) is 4.79 Å². The van der Waals surface area contributed by atoms with E-state index in [1.165, 1.54) is 0 Å². The van der Waals surface area contributed by atoms with E-state index in [2.05, 4.69) is 22.2 Å². The molecule has 1 heterocycles. The Balaban J connectivity index is 1.66. The minimum atomic E-state index is 0.00615. The van der Waals surface area contributed by atoms with Gasteiger partial charge >= 0.3 is 0 Å². The number of amides is 1. The highest BCUT2D eigenvalue weighted by atomic mass is 16.5. The summed E-state index contributed by atoms with van der Waals surface area (Å²) in [5.41, 5.74) is 0.764. The van der Waals surface area contributed by atoms with Crippen molar-refractivity contribution < 1.29 is 9.53 Å². The summed E-state index contributed by atoms with van der Waals surface area (Å²) in [6.07, 6.45) is 7.12. The normalized spacial score (nSPS) is 10.8.